The van der Waals surface area contributed by atoms with Crippen molar-refractivity contribution in [2.24, 2.45) is 5.92 Å². The Bertz CT molecular complexity index is 1180. The van der Waals surface area contributed by atoms with E-state index in [1.54, 1.807) is 0 Å². The highest BCUT2D eigenvalue weighted by Gasteiger charge is 2.34. The van der Waals surface area contributed by atoms with Crippen LogP contribution in [0.25, 0.3) is 17.0 Å². The van der Waals surface area contributed by atoms with Crippen molar-refractivity contribution in [3.63, 3.8) is 0 Å². The van der Waals surface area contributed by atoms with Gasteiger partial charge in [-0.1, -0.05) is 54.9 Å². The summed E-state index contributed by atoms with van der Waals surface area (Å²) in [6, 6.07) is 16.0. The first-order chi connectivity index (χ1) is 16.4. The Morgan fingerprint density at radius 2 is 1.91 bits per heavy atom. The van der Waals surface area contributed by atoms with Crippen LogP contribution in [-0.4, -0.2) is 33.3 Å². The van der Waals surface area contributed by atoms with Gasteiger partial charge < -0.3 is 19.5 Å². The molecule has 4 rings (SSSR count). The van der Waals surface area contributed by atoms with Gasteiger partial charge in [0.15, 0.2) is 5.11 Å². The molecule has 2 aromatic carbocycles. The largest absolute Gasteiger partial charge is 0.494 e. The quantitative estimate of drug-likeness (QED) is 0.391. The lowest BCUT2D eigenvalue weighted by Crippen LogP contribution is -2.46. The highest BCUT2D eigenvalue weighted by Crippen LogP contribution is 2.38. The number of aromatic nitrogens is 2. The fraction of sp³-hybridized carbons (Fsp3) is 0.370. The van der Waals surface area contributed by atoms with Gasteiger partial charge in [-0.05, 0) is 69.1 Å². The molecule has 1 aliphatic rings. The third-order valence-electron chi connectivity index (χ3n) is 5.98. The summed E-state index contributed by atoms with van der Waals surface area (Å²) in [6.45, 7) is 12.0. The van der Waals surface area contributed by atoms with E-state index >= 15 is 0 Å². The number of hydrogen-bond acceptors (Lipinski definition) is 5. The minimum Gasteiger partial charge on any atom is -0.494 e. The smallest absolute Gasteiger partial charge is 0.258 e. The molecule has 7 heteroatoms. The van der Waals surface area contributed by atoms with E-state index in [2.05, 4.69) is 67.3 Å². The summed E-state index contributed by atoms with van der Waals surface area (Å²) in [6.07, 6.45) is 1.03. The van der Waals surface area contributed by atoms with Gasteiger partial charge in [0.2, 0.25) is 5.82 Å². The van der Waals surface area contributed by atoms with Gasteiger partial charge in [-0.25, -0.2) is 0 Å². The Morgan fingerprint density at radius 1 is 1.15 bits per heavy atom. The molecule has 178 valence electrons. The second-order valence-electron chi connectivity index (χ2n) is 9.01. The maximum absolute atomic E-state index is 5.84. The minimum absolute atomic E-state index is 0.204. The van der Waals surface area contributed by atoms with Crippen LogP contribution in [0, 0.1) is 12.8 Å². The number of ether oxygens (including phenoxy) is 1. The normalized spacial score (nSPS) is 16.2. The van der Waals surface area contributed by atoms with E-state index in [4.69, 9.17) is 26.5 Å². The van der Waals surface area contributed by atoms with Crippen LogP contribution in [0.2, 0.25) is 0 Å². The van der Waals surface area contributed by atoms with Gasteiger partial charge in [-0.3, -0.25) is 0 Å². The molecule has 1 aliphatic heterocycles. The van der Waals surface area contributed by atoms with E-state index in [0.717, 1.165) is 46.7 Å². The van der Waals surface area contributed by atoms with Crippen molar-refractivity contribution in [1.82, 2.24) is 20.4 Å². The van der Waals surface area contributed by atoms with E-state index in [-0.39, 0.29) is 6.04 Å². The van der Waals surface area contributed by atoms with E-state index in [9.17, 15) is 0 Å². The first-order valence-electron chi connectivity index (χ1n) is 11.8. The average Bonchev–Trinajstić information content (AvgIpc) is 3.29. The minimum atomic E-state index is -0.204. The third kappa shape index (κ3) is 5.14. The molecular formula is C27H32N4O2S. The fourth-order valence-corrected chi connectivity index (χ4v) is 4.47. The first-order valence-corrected chi connectivity index (χ1v) is 12.2. The Balaban J connectivity index is 1.76. The van der Waals surface area contributed by atoms with Crippen LogP contribution in [0.15, 0.2) is 58.8 Å². The topological polar surface area (TPSA) is 63.4 Å². The van der Waals surface area contributed by atoms with Crippen molar-refractivity contribution in [2.45, 2.75) is 47.1 Å². The number of aryl methyl sites for hydroxylation is 1. The Kier molecular flexibility index (Phi) is 7.32. The molecule has 0 saturated heterocycles. The van der Waals surface area contributed by atoms with Gasteiger partial charge >= 0.3 is 0 Å². The van der Waals surface area contributed by atoms with Gasteiger partial charge in [0, 0.05) is 17.8 Å². The molecule has 0 amide bonds. The van der Waals surface area contributed by atoms with Crippen molar-refractivity contribution in [3.05, 3.63) is 71.2 Å². The number of rotatable bonds is 8. The first kappa shape index (κ1) is 24.0. The predicted octanol–water partition coefficient (Wildman–Crippen LogP) is 6.15. The van der Waals surface area contributed by atoms with E-state index in [1.165, 1.54) is 0 Å². The molecule has 3 aromatic rings. The molecule has 0 fully saturated rings. The molecular weight excluding hydrogens is 444 g/mol. The maximum atomic E-state index is 5.84. The van der Waals surface area contributed by atoms with Crippen LogP contribution in [0.5, 0.6) is 5.75 Å². The SMILES string of the molecule is CCOc1ccc(C2NC(=S)N(CCC(C)C)C(C)=C2c2nc(-c3cccc(C)c3)no2)cc1. The summed E-state index contributed by atoms with van der Waals surface area (Å²) in [5.74, 6) is 2.48. The summed E-state index contributed by atoms with van der Waals surface area (Å²) in [5, 5.41) is 8.54. The molecule has 1 N–H and O–H groups in total. The average molecular weight is 477 g/mol. The lowest BCUT2D eigenvalue weighted by Gasteiger charge is -2.37. The van der Waals surface area contributed by atoms with Gasteiger partial charge in [0.25, 0.3) is 5.89 Å². The highest BCUT2D eigenvalue weighted by molar-refractivity contribution is 7.80. The molecule has 0 radical (unpaired) electrons. The number of hydrogen-bond donors (Lipinski definition) is 1. The Hall–Kier alpha value is -3.19. The maximum Gasteiger partial charge on any atom is 0.258 e. The highest BCUT2D eigenvalue weighted by atomic mass is 32.1. The summed E-state index contributed by atoms with van der Waals surface area (Å²) < 4.78 is 11.5. The van der Waals surface area contributed by atoms with Crippen LogP contribution in [-0.2, 0) is 0 Å². The number of nitrogens with zero attached hydrogens (tertiary/aromatic N) is 3. The second kappa shape index (κ2) is 10.4. The third-order valence-corrected chi connectivity index (χ3v) is 6.32. The zero-order valence-electron chi connectivity index (χ0n) is 20.5. The van der Waals surface area contributed by atoms with Crippen molar-refractivity contribution < 1.29 is 9.26 Å². The van der Waals surface area contributed by atoms with Gasteiger partial charge in [0.1, 0.15) is 5.75 Å². The van der Waals surface area contributed by atoms with Crippen LogP contribution >= 0.6 is 12.2 Å². The molecule has 0 saturated carbocycles. The fourth-order valence-electron chi connectivity index (χ4n) is 4.12. The summed E-state index contributed by atoms with van der Waals surface area (Å²) in [4.78, 5) is 6.95. The lowest BCUT2D eigenvalue weighted by atomic mass is 9.94. The number of benzene rings is 2. The zero-order chi connectivity index (χ0) is 24.2. The number of thiocarbonyl (C=S) groups is 1. The predicted molar refractivity (Wildman–Crippen MR) is 139 cm³/mol. The molecule has 1 aromatic heterocycles. The zero-order valence-corrected chi connectivity index (χ0v) is 21.3. The van der Waals surface area contributed by atoms with Crippen LogP contribution < -0.4 is 10.1 Å². The van der Waals surface area contributed by atoms with E-state index < -0.39 is 0 Å². The standard InChI is InChI=1S/C27H32N4O2S/c1-6-32-22-12-10-20(11-13-22)24-23(19(5)31(27(34)28-24)15-14-17(2)3)26-29-25(30-33-26)21-9-7-8-18(4)16-21/h7-13,16-17,24H,6,14-15H2,1-5H3,(H,28,34). The van der Waals surface area contributed by atoms with Crippen molar-refractivity contribution in [3.8, 4) is 17.1 Å². The molecule has 0 aliphatic carbocycles. The van der Waals surface area contributed by atoms with Crippen LogP contribution in [0.3, 0.4) is 0 Å². The molecule has 0 spiro atoms. The van der Waals surface area contributed by atoms with Crippen molar-refractivity contribution in [2.75, 3.05) is 13.2 Å². The van der Waals surface area contributed by atoms with Crippen LogP contribution in [0.1, 0.15) is 57.2 Å². The molecule has 2 heterocycles. The summed E-state index contributed by atoms with van der Waals surface area (Å²) >= 11 is 5.79. The number of nitrogens with one attached hydrogen (secondary N) is 1. The van der Waals surface area contributed by atoms with Gasteiger partial charge in [-0.2, -0.15) is 4.98 Å². The van der Waals surface area contributed by atoms with Crippen molar-refractivity contribution in [1.29, 1.82) is 0 Å². The molecule has 6 nitrogen and oxygen atoms in total. The summed E-state index contributed by atoms with van der Waals surface area (Å²) in [7, 11) is 0. The Labute approximate surface area is 207 Å². The van der Waals surface area contributed by atoms with E-state index in [0.29, 0.717) is 29.4 Å². The molecule has 0 bridgehead atoms. The second-order valence-corrected chi connectivity index (χ2v) is 9.40. The summed E-state index contributed by atoms with van der Waals surface area (Å²) in [5.41, 5.74) is 5.10. The monoisotopic (exact) mass is 476 g/mol. The van der Waals surface area contributed by atoms with Crippen LogP contribution in [0.4, 0.5) is 0 Å². The van der Waals surface area contributed by atoms with Gasteiger partial charge in [0.05, 0.1) is 18.2 Å². The molecule has 1 atom stereocenters. The lowest BCUT2D eigenvalue weighted by molar-refractivity contribution is 0.340. The van der Waals surface area contributed by atoms with Crippen molar-refractivity contribution >= 4 is 22.9 Å². The Morgan fingerprint density at radius 3 is 2.59 bits per heavy atom. The molecule has 1 unspecified atom stereocenters. The van der Waals surface area contributed by atoms with E-state index in [1.807, 2.05) is 31.2 Å². The molecule has 34 heavy (non-hydrogen) atoms. The number of allylic oxidation sites excluding steroid dienone is 1. The van der Waals surface area contributed by atoms with Gasteiger partial charge in [-0.15, -0.1) is 0 Å².